The maximum absolute atomic E-state index is 12.5. The van der Waals surface area contributed by atoms with Gasteiger partial charge >= 0.3 is 6.18 Å². The molecule has 1 aromatic heterocycles. The molecule has 0 aromatic carbocycles. The quantitative estimate of drug-likeness (QED) is 0.849. The molecule has 1 aliphatic carbocycles. The minimum Gasteiger partial charge on any atom is -0.352 e. The van der Waals surface area contributed by atoms with Crippen molar-refractivity contribution in [3.8, 4) is 0 Å². The van der Waals surface area contributed by atoms with Crippen molar-refractivity contribution in [3.05, 3.63) is 18.2 Å². The summed E-state index contributed by atoms with van der Waals surface area (Å²) in [7, 11) is 1.71. The SMILES string of the molecule is CC1CCCC(NC(=O)CN(C)Cc2nccn2CC(F)(F)F)C1C. The number of alkyl halides is 3. The van der Waals surface area contributed by atoms with Crippen molar-refractivity contribution in [1.82, 2.24) is 19.8 Å². The van der Waals surface area contributed by atoms with Gasteiger partial charge in [-0.15, -0.1) is 0 Å². The highest BCUT2D eigenvalue weighted by Crippen LogP contribution is 2.29. The highest BCUT2D eigenvalue weighted by molar-refractivity contribution is 5.78. The Labute approximate surface area is 146 Å². The first-order valence-electron chi connectivity index (χ1n) is 8.70. The van der Waals surface area contributed by atoms with Crippen molar-refractivity contribution in [2.24, 2.45) is 11.8 Å². The number of carbonyl (C=O) groups excluding carboxylic acids is 1. The van der Waals surface area contributed by atoms with Crippen LogP contribution in [0.3, 0.4) is 0 Å². The summed E-state index contributed by atoms with van der Waals surface area (Å²) in [5.41, 5.74) is 0. The molecule has 3 unspecified atom stereocenters. The van der Waals surface area contributed by atoms with Gasteiger partial charge in [0.25, 0.3) is 0 Å². The van der Waals surface area contributed by atoms with Crippen molar-refractivity contribution in [1.29, 1.82) is 0 Å². The van der Waals surface area contributed by atoms with Crippen LogP contribution in [0.1, 0.15) is 38.9 Å². The molecule has 0 radical (unpaired) electrons. The van der Waals surface area contributed by atoms with Gasteiger partial charge < -0.3 is 9.88 Å². The summed E-state index contributed by atoms with van der Waals surface area (Å²) in [6.45, 7) is 3.62. The first-order chi connectivity index (χ1) is 11.7. The standard InChI is InChI=1S/C17H27F3N4O/c1-12-5-4-6-14(13(12)2)22-16(25)10-23(3)9-15-21-7-8-24(15)11-17(18,19)20/h7-8,12-14H,4-6,9-11H2,1-3H3,(H,22,25). The van der Waals surface area contributed by atoms with Crippen LogP contribution in [0.25, 0.3) is 0 Å². The first-order valence-corrected chi connectivity index (χ1v) is 8.70. The summed E-state index contributed by atoms with van der Waals surface area (Å²) in [6, 6.07) is 0.178. The highest BCUT2D eigenvalue weighted by atomic mass is 19.4. The summed E-state index contributed by atoms with van der Waals surface area (Å²) >= 11 is 0. The van der Waals surface area contributed by atoms with E-state index in [1.54, 1.807) is 11.9 Å². The van der Waals surface area contributed by atoms with Gasteiger partial charge in [0.05, 0.1) is 13.1 Å². The Bertz CT molecular complexity index is 572. The molecule has 0 bridgehead atoms. The third-order valence-electron chi connectivity index (χ3n) is 5.03. The second-order valence-electron chi connectivity index (χ2n) is 7.20. The van der Waals surface area contributed by atoms with E-state index >= 15 is 0 Å². The molecule has 2 rings (SSSR count). The van der Waals surface area contributed by atoms with E-state index in [9.17, 15) is 18.0 Å². The largest absolute Gasteiger partial charge is 0.406 e. The van der Waals surface area contributed by atoms with Crippen molar-refractivity contribution in [3.63, 3.8) is 0 Å². The van der Waals surface area contributed by atoms with E-state index < -0.39 is 12.7 Å². The van der Waals surface area contributed by atoms with Crippen LogP contribution in [0.4, 0.5) is 13.2 Å². The van der Waals surface area contributed by atoms with Crippen LogP contribution in [0.15, 0.2) is 12.4 Å². The van der Waals surface area contributed by atoms with Gasteiger partial charge in [-0.25, -0.2) is 4.98 Å². The number of hydrogen-bond donors (Lipinski definition) is 1. The Balaban J connectivity index is 1.85. The summed E-state index contributed by atoms with van der Waals surface area (Å²) in [4.78, 5) is 17.9. The zero-order chi connectivity index (χ0) is 18.6. The number of amides is 1. The van der Waals surface area contributed by atoms with E-state index in [1.165, 1.54) is 18.8 Å². The van der Waals surface area contributed by atoms with E-state index in [0.29, 0.717) is 17.7 Å². The Kier molecular flexibility index (Phi) is 6.48. The van der Waals surface area contributed by atoms with E-state index in [2.05, 4.69) is 24.1 Å². The fourth-order valence-electron chi connectivity index (χ4n) is 3.41. The Morgan fingerprint density at radius 3 is 2.80 bits per heavy atom. The molecule has 1 fully saturated rings. The molecule has 1 saturated carbocycles. The van der Waals surface area contributed by atoms with Gasteiger partial charge in [0.2, 0.25) is 5.91 Å². The molecular weight excluding hydrogens is 333 g/mol. The Morgan fingerprint density at radius 1 is 1.40 bits per heavy atom. The van der Waals surface area contributed by atoms with Crippen LogP contribution in [-0.2, 0) is 17.9 Å². The number of halogens is 3. The number of nitrogens with zero attached hydrogens (tertiary/aromatic N) is 3. The van der Waals surface area contributed by atoms with Gasteiger partial charge in [0.15, 0.2) is 0 Å². The molecule has 1 amide bonds. The third kappa shape index (κ3) is 6.02. The van der Waals surface area contributed by atoms with Gasteiger partial charge in [0.1, 0.15) is 12.4 Å². The van der Waals surface area contributed by atoms with Crippen LogP contribution in [0, 0.1) is 11.8 Å². The zero-order valence-corrected chi connectivity index (χ0v) is 15.0. The molecule has 0 spiro atoms. The lowest BCUT2D eigenvalue weighted by molar-refractivity contribution is -0.141. The van der Waals surface area contributed by atoms with Gasteiger partial charge in [-0.3, -0.25) is 9.69 Å². The van der Waals surface area contributed by atoms with Gasteiger partial charge in [-0.05, 0) is 25.3 Å². The van der Waals surface area contributed by atoms with Crippen molar-refractivity contribution >= 4 is 5.91 Å². The number of carbonyl (C=O) groups is 1. The molecule has 8 heteroatoms. The summed E-state index contributed by atoms with van der Waals surface area (Å²) in [5.74, 6) is 1.23. The average Bonchev–Trinajstić information content (AvgIpc) is 2.88. The molecule has 5 nitrogen and oxygen atoms in total. The monoisotopic (exact) mass is 360 g/mol. The number of likely N-dealkylation sites (N-methyl/N-ethyl adjacent to an activating group) is 1. The van der Waals surface area contributed by atoms with Crippen molar-refractivity contribution < 1.29 is 18.0 Å². The molecule has 1 aromatic rings. The van der Waals surface area contributed by atoms with E-state index in [0.717, 1.165) is 17.4 Å². The van der Waals surface area contributed by atoms with Crippen LogP contribution >= 0.6 is 0 Å². The molecule has 1 heterocycles. The Hall–Kier alpha value is -1.57. The van der Waals surface area contributed by atoms with Crippen LogP contribution in [0.2, 0.25) is 0 Å². The zero-order valence-electron chi connectivity index (χ0n) is 15.0. The minimum absolute atomic E-state index is 0.0950. The molecule has 25 heavy (non-hydrogen) atoms. The van der Waals surface area contributed by atoms with Gasteiger partial charge in [0, 0.05) is 18.4 Å². The fraction of sp³-hybridized carbons (Fsp3) is 0.765. The normalized spacial score (nSPS) is 24.5. The predicted molar refractivity (Wildman–Crippen MR) is 88.7 cm³/mol. The molecule has 142 valence electrons. The lowest BCUT2D eigenvalue weighted by atomic mass is 9.78. The van der Waals surface area contributed by atoms with Crippen LogP contribution < -0.4 is 5.32 Å². The molecular formula is C17H27F3N4O. The minimum atomic E-state index is -4.29. The molecule has 0 aliphatic heterocycles. The average molecular weight is 360 g/mol. The maximum atomic E-state index is 12.5. The third-order valence-corrected chi connectivity index (χ3v) is 5.03. The van der Waals surface area contributed by atoms with E-state index in [-0.39, 0.29) is 25.0 Å². The Morgan fingerprint density at radius 2 is 2.12 bits per heavy atom. The molecule has 1 N–H and O–H groups in total. The lowest BCUT2D eigenvalue weighted by Gasteiger charge is -2.35. The summed E-state index contributed by atoms with van der Waals surface area (Å²) < 4.78 is 38.7. The number of hydrogen-bond acceptors (Lipinski definition) is 3. The second kappa shape index (κ2) is 8.21. The van der Waals surface area contributed by atoms with E-state index in [1.807, 2.05) is 0 Å². The number of nitrogens with one attached hydrogen (secondary N) is 1. The molecule has 1 aliphatic rings. The van der Waals surface area contributed by atoms with Crippen LogP contribution in [-0.4, -0.2) is 46.2 Å². The van der Waals surface area contributed by atoms with Crippen molar-refractivity contribution in [2.45, 2.75) is 58.4 Å². The fourth-order valence-corrected chi connectivity index (χ4v) is 3.41. The summed E-state index contributed by atoms with van der Waals surface area (Å²) in [6.07, 6.45) is 1.65. The van der Waals surface area contributed by atoms with Crippen molar-refractivity contribution in [2.75, 3.05) is 13.6 Å². The molecule has 3 atom stereocenters. The number of rotatable bonds is 6. The topological polar surface area (TPSA) is 50.2 Å². The smallest absolute Gasteiger partial charge is 0.352 e. The van der Waals surface area contributed by atoms with E-state index in [4.69, 9.17) is 0 Å². The molecule has 0 saturated heterocycles. The number of aromatic nitrogens is 2. The maximum Gasteiger partial charge on any atom is 0.406 e. The first kappa shape index (κ1) is 19.8. The predicted octanol–water partition coefficient (Wildman–Crippen LogP) is 2.82. The second-order valence-corrected chi connectivity index (χ2v) is 7.20. The summed E-state index contributed by atoms with van der Waals surface area (Å²) in [5, 5.41) is 3.07. The van der Waals surface area contributed by atoms with Crippen LogP contribution in [0.5, 0.6) is 0 Å². The lowest BCUT2D eigenvalue weighted by Crippen LogP contribution is -2.46. The van der Waals surface area contributed by atoms with Gasteiger partial charge in [-0.1, -0.05) is 26.7 Å². The van der Waals surface area contributed by atoms with Gasteiger partial charge in [-0.2, -0.15) is 13.2 Å². The number of imidazole rings is 1. The highest BCUT2D eigenvalue weighted by Gasteiger charge is 2.30.